The standard InChI is InChI=1S/C19H14ClF3N4O2S/c20-13-6-4-11(5-7-13)10-24-27-18-26-17(29)15(30-18)9-16(28)25-14-3-1-2-12(8-14)19(21,22)23/h1-8,10,15H,9H2,(H,25,28)(H,26,27,29)/b24-10-/t15-/m1/s1. The molecule has 2 amide bonds. The molecule has 1 aliphatic rings. The number of thioether (sulfide) groups is 1. The molecule has 0 unspecified atom stereocenters. The zero-order chi connectivity index (χ0) is 21.7. The average molecular weight is 455 g/mol. The van der Waals surface area contributed by atoms with Crippen LogP contribution in [0.4, 0.5) is 18.9 Å². The molecular weight excluding hydrogens is 441 g/mol. The largest absolute Gasteiger partial charge is 0.416 e. The molecule has 2 N–H and O–H groups in total. The minimum Gasteiger partial charge on any atom is -0.326 e. The van der Waals surface area contributed by atoms with Crippen LogP contribution >= 0.6 is 23.4 Å². The van der Waals surface area contributed by atoms with Gasteiger partial charge in [0.05, 0.1) is 11.8 Å². The van der Waals surface area contributed by atoms with E-state index in [1.165, 1.54) is 18.3 Å². The number of halogens is 4. The second kappa shape index (κ2) is 9.31. The Morgan fingerprint density at radius 1 is 1.23 bits per heavy atom. The number of amidine groups is 1. The molecule has 3 rings (SSSR count). The van der Waals surface area contributed by atoms with E-state index in [9.17, 15) is 22.8 Å². The van der Waals surface area contributed by atoms with E-state index in [1.54, 1.807) is 24.3 Å². The topological polar surface area (TPSA) is 82.9 Å². The summed E-state index contributed by atoms with van der Waals surface area (Å²) in [6, 6.07) is 11.1. The predicted molar refractivity (Wildman–Crippen MR) is 111 cm³/mol. The first kappa shape index (κ1) is 21.8. The van der Waals surface area contributed by atoms with Gasteiger partial charge in [0.25, 0.3) is 0 Å². The summed E-state index contributed by atoms with van der Waals surface area (Å²) in [6.07, 6.45) is -3.27. The minimum absolute atomic E-state index is 0.000292. The van der Waals surface area contributed by atoms with Gasteiger partial charge in [0.1, 0.15) is 5.25 Å². The third-order valence-electron chi connectivity index (χ3n) is 3.85. The van der Waals surface area contributed by atoms with E-state index in [-0.39, 0.29) is 17.3 Å². The summed E-state index contributed by atoms with van der Waals surface area (Å²) in [5, 5.41) is 12.7. The molecule has 0 aliphatic carbocycles. The van der Waals surface area contributed by atoms with E-state index < -0.39 is 28.8 Å². The van der Waals surface area contributed by atoms with E-state index in [2.05, 4.69) is 20.8 Å². The van der Waals surface area contributed by atoms with E-state index in [0.29, 0.717) is 5.02 Å². The highest BCUT2D eigenvalue weighted by Gasteiger charge is 2.33. The van der Waals surface area contributed by atoms with Gasteiger partial charge in [-0.3, -0.25) is 9.59 Å². The molecule has 0 saturated carbocycles. The minimum atomic E-state index is -4.51. The molecule has 1 heterocycles. The molecule has 11 heteroatoms. The molecule has 30 heavy (non-hydrogen) atoms. The number of nitrogens with one attached hydrogen (secondary N) is 2. The fourth-order valence-corrected chi connectivity index (χ4v) is 3.49. The van der Waals surface area contributed by atoms with E-state index in [4.69, 9.17) is 11.6 Å². The maximum Gasteiger partial charge on any atom is 0.416 e. The molecule has 1 saturated heterocycles. The van der Waals surface area contributed by atoms with Crippen LogP contribution in [0.2, 0.25) is 5.02 Å². The van der Waals surface area contributed by atoms with Crippen molar-refractivity contribution in [3.8, 4) is 0 Å². The van der Waals surface area contributed by atoms with Crippen LogP contribution in [-0.2, 0) is 15.8 Å². The summed E-state index contributed by atoms with van der Waals surface area (Å²) in [4.78, 5) is 24.2. The number of amides is 2. The summed E-state index contributed by atoms with van der Waals surface area (Å²) in [5.41, 5.74) is -0.115. The maximum atomic E-state index is 12.8. The summed E-state index contributed by atoms with van der Waals surface area (Å²) < 4.78 is 38.3. The lowest BCUT2D eigenvalue weighted by atomic mass is 10.2. The van der Waals surface area contributed by atoms with E-state index in [0.717, 1.165) is 29.5 Å². The number of carbonyl (C=O) groups is 2. The Balaban J connectivity index is 1.56. The molecule has 0 spiro atoms. The van der Waals surface area contributed by atoms with Crippen molar-refractivity contribution in [2.75, 3.05) is 5.32 Å². The van der Waals surface area contributed by atoms with Gasteiger partial charge in [-0.1, -0.05) is 41.6 Å². The van der Waals surface area contributed by atoms with Crippen LogP contribution in [-0.4, -0.2) is 28.4 Å². The number of rotatable bonds is 5. The van der Waals surface area contributed by atoms with Gasteiger partial charge < -0.3 is 10.6 Å². The Kier molecular flexibility index (Phi) is 6.78. The van der Waals surface area contributed by atoms with Crippen LogP contribution in [0.5, 0.6) is 0 Å². The van der Waals surface area contributed by atoms with Crippen LogP contribution in [0.25, 0.3) is 0 Å². The van der Waals surface area contributed by atoms with Crippen molar-refractivity contribution >= 4 is 52.2 Å². The number of anilines is 1. The quantitative estimate of drug-likeness (QED) is 0.521. The van der Waals surface area contributed by atoms with E-state index >= 15 is 0 Å². The van der Waals surface area contributed by atoms with Crippen molar-refractivity contribution in [3.63, 3.8) is 0 Å². The number of alkyl halides is 3. The second-order valence-electron chi connectivity index (χ2n) is 6.13. The third-order valence-corrected chi connectivity index (χ3v) is 5.17. The first-order valence-corrected chi connectivity index (χ1v) is 9.78. The molecule has 1 fully saturated rings. The average Bonchev–Trinajstić information content (AvgIpc) is 3.02. The van der Waals surface area contributed by atoms with Crippen molar-refractivity contribution < 1.29 is 22.8 Å². The highest BCUT2D eigenvalue weighted by molar-refractivity contribution is 8.15. The number of carbonyl (C=O) groups excluding carboxylic acids is 2. The molecule has 0 aromatic heterocycles. The van der Waals surface area contributed by atoms with Gasteiger partial charge in [-0.2, -0.15) is 18.3 Å². The Hall–Kier alpha value is -2.85. The Morgan fingerprint density at radius 3 is 2.67 bits per heavy atom. The SMILES string of the molecule is O=C(C[C@H]1S/C(=N/N=C\c2ccc(Cl)cc2)NC1=O)Nc1cccc(C(F)(F)F)c1. The molecule has 2 aromatic carbocycles. The number of hydrogen-bond donors (Lipinski definition) is 2. The molecule has 156 valence electrons. The lowest BCUT2D eigenvalue weighted by Crippen LogP contribution is -2.28. The Morgan fingerprint density at radius 2 is 1.97 bits per heavy atom. The van der Waals surface area contributed by atoms with Gasteiger partial charge in [-0.05, 0) is 35.9 Å². The molecule has 0 bridgehead atoms. The predicted octanol–water partition coefficient (Wildman–Crippen LogP) is 4.31. The fourth-order valence-electron chi connectivity index (χ4n) is 2.44. The zero-order valence-electron chi connectivity index (χ0n) is 15.1. The van der Waals surface area contributed by atoms with Crippen LogP contribution in [0, 0.1) is 0 Å². The maximum absolute atomic E-state index is 12.8. The lowest BCUT2D eigenvalue weighted by molar-refractivity contribution is -0.137. The van der Waals surface area contributed by atoms with Gasteiger partial charge in [0, 0.05) is 17.1 Å². The lowest BCUT2D eigenvalue weighted by Gasteiger charge is -2.10. The monoisotopic (exact) mass is 454 g/mol. The van der Waals surface area contributed by atoms with Crippen molar-refractivity contribution in [2.24, 2.45) is 10.2 Å². The molecular formula is C19H14ClF3N4O2S. The number of hydrogen-bond acceptors (Lipinski definition) is 5. The van der Waals surface area contributed by atoms with Crippen LogP contribution < -0.4 is 10.6 Å². The molecule has 6 nitrogen and oxygen atoms in total. The first-order valence-electron chi connectivity index (χ1n) is 8.52. The van der Waals surface area contributed by atoms with Crippen LogP contribution in [0.15, 0.2) is 58.7 Å². The van der Waals surface area contributed by atoms with Crippen molar-refractivity contribution in [1.82, 2.24) is 5.32 Å². The van der Waals surface area contributed by atoms with Crippen molar-refractivity contribution in [1.29, 1.82) is 0 Å². The summed E-state index contributed by atoms with van der Waals surface area (Å²) in [7, 11) is 0. The van der Waals surface area contributed by atoms with Crippen molar-refractivity contribution in [2.45, 2.75) is 17.8 Å². The second-order valence-corrected chi connectivity index (χ2v) is 7.76. The van der Waals surface area contributed by atoms with E-state index in [1.807, 2.05) is 0 Å². The van der Waals surface area contributed by atoms with Crippen molar-refractivity contribution in [3.05, 3.63) is 64.7 Å². The summed E-state index contributed by atoms with van der Waals surface area (Å²) >= 11 is 6.81. The normalized spacial score (nSPS) is 18.1. The van der Waals surface area contributed by atoms with Gasteiger partial charge in [0.15, 0.2) is 5.17 Å². The number of nitrogens with zero attached hydrogens (tertiary/aromatic N) is 2. The van der Waals surface area contributed by atoms with Crippen LogP contribution in [0.1, 0.15) is 17.5 Å². The molecule has 1 atom stereocenters. The Bertz CT molecular complexity index is 1010. The molecule has 0 radical (unpaired) electrons. The highest BCUT2D eigenvalue weighted by Crippen LogP contribution is 2.31. The Labute approximate surface area is 178 Å². The zero-order valence-corrected chi connectivity index (χ0v) is 16.7. The van der Waals surface area contributed by atoms with Gasteiger partial charge in [-0.25, -0.2) is 0 Å². The fraction of sp³-hybridized carbons (Fsp3) is 0.158. The smallest absolute Gasteiger partial charge is 0.326 e. The first-order chi connectivity index (χ1) is 14.2. The molecule has 1 aliphatic heterocycles. The summed E-state index contributed by atoms with van der Waals surface area (Å²) in [6.45, 7) is 0. The van der Waals surface area contributed by atoms with Crippen LogP contribution in [0.3, 0.4) is 0 Å². The third kappa shape index (κ3) is 6.07. The van der Waals surface area contributed by atoms with Gasteiger partial charge in [0.2, 0.25) is 11.8 Å². The summed E-state index contributed by atoms with van der Waals surface area (Å²) in [5.74, 6) is -1.02. The van der Waals surface area contributed by atoms with Gasteiger partial charge in [-0.15, -0.1) is 5.10 Å². The van der Waals surface area contributed by atoms with Gasteiger partial charge >= 0.3 is 6.18 Å². The highest BCUT2D eigenvalue weighted by atomic mass is 35.5. The molecule has 2 aromatic rings. The number of benzene rings is 2.